The molecule has 0 spiro atoms. The first-order valence-corrected chi connectivity index (χ1v) is 7.29. The van der Waals surface area contributed by atoms with E-state index in [2.05, 4.69) is 9.97 Å². The number of halogens is 1. The summed E-state index contributed by atoms with van der Waals surface area (Å²) in [5, 5.41) is 0.963. The summed E-state index contributed by atoms with van der Waals surface area (Å²) < 4.78 is 6.93. The lowest BCUT2D eigenvalue weighted by Gasteiger charge is -2.09. The summed E-state index contributed by atoms with van der Waals surface area (Å²) in [5.74, 6) is -0.396. The molecule has 0 amide bonds. The SMILES string of the molecule is CCOC(=O)c1cc2c(Cl)ncnc2n1Cc1ccccc1. The van der Waals surface area contributed by atoms with E-state index in [4.69, 9.17) is 16.3 Å². The van der Waals surface area contributed by atoms with Crippen LogP contribution in [0.3, 0.4) is 0 Å². The number of carbonyl (C=O) groups excluding carboxylic acids is 1. The number of rotatable bonds is 4. The Hall–Kier alpha value is -2.40. The molecule has 5 nitrogen and oxygen atoms in total. The minimum Gasteiger partial charge on any atom is -0.461 e. The monoisotopic (exact) mass is 315 g/mol. The van der Waals surface area contributed by atoms with E-state index in [-0.39, 0.29) is 0 Å². The fourth-order valence-corrected chi connectivity index (χ4v) is 2.52. The predicted octanol–water partition coefficient (Wildman–Crippen LogP) is 3.31. The zero-order valence-electron chi connectivity index (χ0n) is 12.0. The lowest BCUT2D eigenvalue weighted by atomic mass is 10.2. The molecule has 0 aliphatic heterocycles. The highest BCUT2D eigenvalue weighted by atomic mass is 35.5. The van der Waals surface area contributed by atoms with Crippen LogP contribution < -0.4 is 0 Å². The minimum atomic E-state index is -0.396. The van der Waals surface area contributed by atoms with Crippen molar-refractivity contribution in [2.24, 2.45) is 0 Å². The lowest BCUT2D eigenvalue weighted by molar-refractivity contribution is 0.0515. The molecule has 0 radical (unpaired) electrons. The van der Waals surface area contributed by atoms with Gasteiger partial charge in [-0.25, -0.2) is 14.8 Å². The van der Waals surface area contributed by atoms with E-state index in [0.717, 1.165) is 5.56 Å². The maximum Gasteiger partial charge on any atom is 0.355 e. The molecule has 0 bridgehead atoms. The summed E-state index contributed by atoms with van der Waals surface area (Å²) in [7, 11) is 0. The molecule has 0 aliphatic rings. The van der Waals surface area contributed by atoms with Crippen LogP contribution in [0.25, 0.3) is 11.0 Å². The van der Waals surface area contributed by atoms with E-state index >= 15 is 0 Å². The topological polar surface area (TPSA) is 57.0 Å². The van der Waals surface area contributed by atoms with Gasteiger partial charge in [0.25, 0.3) is 0 Å². The molecule has 0 aliphatic carbocycles. The Morgan fingerprint density at radius 3 is 2.77 bits per heavy atom. The van der Waals surface area contributed by atoms with Gasteiger partial charge in [-0.3, -0.25) is 0 Å². The molecule has 2 heterocycles. The molecule has 0 unspecified atom stereocenters. The quantitative estimate of drug-likeness (QED) is 0.547. The third kappa shape index (κ3) is 2.67. The number of benzene rings is 1. The molecule has 0 N–H and O–H groups in total. The molecule has 6 heteroatoms. The van der Waals surface area contributed by atoms with Crippen LogP contribution in [-0.2, 0) is 11.3 Å². The second kappa shape index (κ2) is 6.15. The second-order valence-electron chi connectivity index (χ2n) is 4.72. The third-order valence-electron chi connectivity index (χ3n) is 3.31. The number of hydrogen-bond donors (Lipinski definition) is 0. The predicted molar refractivity (Wildman–Crippen MR) is 84.0 cm³/mol. The fourth-order valence-electron chi connectivity index (χ4n) is 2.33. The Balaban J connectivity index is 2.14. The summed E-state index contributed by atoms with van der Waals surface area (Å²) >= 11 is 6.11. The van der Waals surface area contributed by atoms with Gasteiger partial charge in [0.1, 0.15) is 22.8 Å². The number of aromatic nitrogens is 3. The van der Waals surface area contributed by atoms with Gasteiger partial charge in [0, 0.05) is 6.54 Å². The molecular formula is C16H14ClN3O2. The van der Waals surface area contributed by atoms with Crippen molar-refractivity contribution < 1.29 is 9.53 Å². The van der Waals surface area contributed by atoms with Crippen molar-refractivity contribution >= 4 is 28.6 Å². The third-order valence-corrected chi connectivity index (χ3v) is 3.61. The molecule has 0 atom stereocenters. The summed E-state index contributed by atoms with van der Waals surface area (Å²) in [4.78, 5) is 20.4. The van der Waals surface area contributed by atoms with Crippen LogP contribution in [0.15, 0.2) is 42.7 Å². The standard InChI is InChI=1S/C16H14ClN3O2/c1-2-22-16(21)13-8-12-14(17)18-10-19-15(12)20(13)9-11-6-4-3-5-7-11/h3-8,10H,2,9H2,1H3. The Morgan fingerprint density at radius 1 is 1.27 bits per heavy atom. The number of nitrogens with zero attached hydrogens (tertiary/aromatic N) is 3. The largest absolute Gasteiger partial charge is 0.461 e. The number of carbonyl (C=O) groups is 1. The maximum atomic E-state index is 12.2. The van der Waals surface area contributed by atoms with E-state index in [1.54, 1.807) is 17.6 Å². The zero-order chi connectivity index (χ0) is 15.5. The van der Waals surface area contributed by atoms with Crippen LogP contribution in [0.1, 0.15) is 23.0 Å². The lowest BCUT2D eigenvalue weighted by Crippen LogP contribution is -2.13. The molecule has 112 valence electrons. The fraction of sp³-hybridized carbons (Fsp3) is 0.188. The average molecular weight is 316 g/mol. The van der Waals surface area contributed by atoms with Crippen LogP contribution in [-0.4, -0.2) is 27.1 Å². The van der Waals surface area contributed by atoms with Crippen LogP contribution in [0, 0.1) is 0 Å². The van der Waals surface area contributed by atoms with Crippen molar-refractivity contribution in [1.29, 1.82) is 0 Å². The van der Waals surface area contributed by atoms with Crippen molar-refractivity contribution in [3.05, 3.63) is 59.1 Å². The highest BCUT2D eigenvalue weighted by molar-refractivity contribution is 6.34. The van der Waals surface area contributed by atoms with Gasteiger partial charge in [0.2, 0.25) is 0 Å². The molecule has 1 aromatic carbocycles. The van der Waals surface area contributed by atoms with Crippen molar-refractivity contribution in [1.82, 2.24) is 14.5 Å². The van der Waals surface area contributed by atoms with Gasteiger partial charge in [0.15, 0.2) is 0 Å². The van der Waals surface area contributed by atoms with Gasteiger partial charge < -0.3 is 9.30 Å². The van der Waals surface area contributed by atoms with Crippen molar-refractivity contribution in [2.45, 2.75) is 13.5 Å². The van der Waals surface area contributed by atoms with Crippen molar-refractivity contribution in [2.75, 3.05) is 6.61 Å². The van der Waals surface area contributed by atoms with Gasteiger partial charge in [-0.05, 0) is 18.6 Å². The van der Waals surface area contributed by atoms with E-state index in [9.17, 15) is 4.79 Å². The smallest absolute Gasteiger partial charge is 0.355 e. The highest BCUT2D eigenvalue weighted by Crippen LogP contribution is 2.25. The van der Waals surface area contributed by atoms with Crippen molar-refractivity contribution in [3.63, 3.8) is 0 Å². The Labute approximate surface area is 132 Å². The van der Waals surface area contributed by atoms with E-state index in [1.807, 2.05) is 30.3 Å². The van der Waals surface area contributed by atoms with E-state index in [1.165, 1.54) is 6.33 Å². The van der Waals surface area contributed by atoms with Crippen LogP contribution >= 0.6 is 11.6 Å². The first kappa shape index (κ1) is 14.5. The van der Waals surface area contributed by atoms with Crippen LogP contribution in [0.2, 0.25) is 5.15 Å². The molecule has 3 rings (SSSR count). The molecule has 2 aromatic heterocycles. The van der Waals surface area contributed by atoms with Crippen molar-refractivity contribution in [3.8, 4) is 0 Å². The number of fused-ring (bicyclic) bond motifs is 1. The Morgan fingerprint density at radius 2 is 2.05 bits per heavy atom. The van der Waals surface area contributed by atoms with Gasteiger partial charge in [-0.2, -0.15) is 0 Å². The Kier molecular flexibility index (Phi) is 4.06. The van der Waals surface area contributed by atoms with Gasteiger partial charge >= 0.3 is 5.97 Å². The summed E-state index contributed by atoms with van der Waals surface area (Å²) in [6, 6.07) is 11.5. The van der Waals surface area contributed by atoms with Gasteiger partial charge in [-0.1, -0.05) is 41.9 Å². The molecule has 0 saturated heterocycles. The molecular weight excluding hydrogens is 302 g/mol. The molecule has 22 heavy (non-hydrogen) atoms. The molecule has 0 fully saturated rings. The number of ether oxygens (including phenoxy) is 1. The van der Waals surface area contributed by atoms with Gasteiger partial charge in [-0.15, -0.1) is 0 Å². The minimum absolute atomic E-state index is 0.311. The van der Waals surface area contributed by atoms with Gasteiger partial charge in [0.05, 0.1) is 12.0 Å². The highest BCUT2D eigenvalue weighted by Gasteiger charge is 2.19. The normalized spacial score (nSPS) is 10.8. The van der Waals surface area contributed by atoms with E-state index in [0.29, 0.717) is 35.0 Å². The zero-order valence-corrected chi connectivity index (χ0v) is 12.7. The Bertz CT molecular complexity index is 815. The average Bonchev–Trinajstić information content (AvgIpc) is 2.89. The van der Waals surface area contributed by atoms with Crippen LogP contribution in [0.4, 0.5) is 0 Å². The molecule has 0 saturated carbocycles. The summed E-state index contributed by atoms with van der Waals surface area (Å²) in [5.41, 5.74) is 2.09. The first-order valence-electron chi connectivity index (χ1n) is 6.91. The molecule has 3 aromatic rings. The van der Waals surface area contributed by atoms with E-state index < -0.39 is 5.97 Å². The summed E-state index contributed by atoms with van der Waals surface area (Å²) in [6.45, 7) is 2.59. The van der Waals surface area contributed by atoms with Crippen LogP contribution in [0.5, 0.6) is 0 Å². The second-order valence-corrected chi connectivity index (χ2v) is 5.08. The summed E-state index contributed by atoms with van der Waals surface area (Å²) in [6.07, 6.45) is 1.39. The number of hydrogen-bond acceptors (Lipinski definition) is 4. The maximum absolute atomic E-state index is 12.2. The first-order chi connectivity index (χ1) is 10.7. The number of esters is 1.